The van der Waals surface area contributed by atoms with Crippen LogP contribution in [0.2, 0.25) is 0 Å². The molecular formula is C13H19NO7S. The first kappa shape index (κ1) is 17.3. The minimum Gasteiger partial charge on any atom is -0.388 e. The molecule has 6 N–H and O–H groups in total. The van der Waals surface area contributed by atoms with Gasteiger partial charge in [-0.2, -0.15) is 0 Å². The highest BCUT2D eigenvalue weighted by Crippen LogP contribution is 2.26. The van der Waals surface area contributed by atoms with Crippen LogP contribution in [0.4, 0.5) is 0 Å². The van der Waals surface area contributed by atoms with Crippen LogP contribution in [-0.4, -0.2) is 64.9 Å². The average molecular weight is 333 g/mol. The first-order chi connectivity index (χ1) is 10.2. The molecule has 1 aromatic rings. The number of hydrogen-bond donors (Lipinski definition) is 5. The monoisotopic (exact) mass is 333 g/mol. The summed E-state index contributed by atoms with van der Waals surface area (Å²) in [4.78, 5) is -0.166. The molecule has 0 aliphatic carbocycles. The van der Waals surface area contributed by atoms with Crippen LogP contribution in [0.15, 0.2) is 29.2 Å². The van der Waals surface area contributed by atoms with Gasteiger partial charge in [0, 0.05) is 0 Å². The number of nitrogens with two attached hydrogens (primary N) is 1. The van der Waals surface area contributed by atoms with Crippen molar-refractivity contribution in [1.82, 2.24) is 0 Å². The maximum absolute atomic E-state index is 12.3. The summed E-state index contributed by atoms with van der Waals surface area (Å²) >= 11 is 0. The highest BCUT2D eigenvalue weighted by Gasteiger charge is 2.48. The van der Waals surface area contributed by atoms with Gasteiger partial charge < -0.3 is 30.9 Å². The topological polar surface area (TPSA) is 150 Å². The van der Waals surface area contributed by atoms with Crippen LogP contribution in [0.1, 0.15) is 5.56 Å². The number of ether oxygens (including phenoxy) is 1. The van der Waals surface area contributed by atoms with Crippen molar-refractivity contribution < 1.29 is 33.6 Å². The second kappa shape index (κ2) is 6.20. The maximum atomic E-state index is 12.3. The summed E-state index contributed by atoms with van der Waals surface area (Å²) in [6.45, 7) is 1.77. The number of aliphatic hydroxyl groups is 4. The molecule has 0 saturated carbocycles. The number of aliphatic hydroxyl groups excluding tert-OH is 4. The number of sulfone groups is 1. The third-order valence-corrected chi connectivity index (χ3v) is 5.49. The van der Waals surface area contributed by atoms with Gasteiger partial charge in [0.05, 0.1) is 10.9 Å². The second-order valence-electron chi connectivity index (χ2n) is 5.30. The van der Waals surface area contributed by atoms with Crippen LogP contribution in [0.25, 0.3) is 0 Å². The first-order valence-electron chi connectivity index (χ1n) is 6.60. The van der Waals surface area contributed by atoms with Crippen LogP contribution < -0.4 is 5.73 Å². The minimum absolute atomic E-state index is 0.166. The van der Waals surface area contributed by atoms with Gasteiger partial charge in [-0.25, -0.2) is 8.42 Å². The largest absolute Gasteiger partial charge is 0.388 e. The minimum atomic E-state index is -4.25. The quantitative estimate of drug-likeness (QED) is 0.420. The van der Waals surface area contributed by atoms with E-state index in [1.54, 1.807) is 19.1 Å². The van der Waals surface area contributed by atoms with Crippen molar-refractivity contribution in [3.05, 3.63) is 29.8 Å². The molecule has 1 saturated heterocycles. The molecule has 1 heterocycles. The molecule has 6 atom stereocenters. The first-order valence-corrected chi connectivity index (χ1v) is 8.15. The van der Waals surface area contributed by atoms with Crippen LogP contribution in [-0.2, 0) is 14.6 Å². The Morgan fingerprint density at radius 3 is 2.23 bits per heavy atom. The molecule has 124 valence electrons. The number of aryl methyl sites for hydroxylation is 1. The van der Waals surface area contributed by atoms with Gasteiger partial charge in [0.2, 0.25) is 9.84 Å². The summed E-state index contributed by atoms with van der Waals surface area (Å²) < 4.78 is 29.6. The van der Waals surface area contributed by atoms with E-state index >= 15 is 0 Å². The predicted molar refractivity (Wildman–Crippen MR) is 75.2 cm³/mol. The smallest absolute Gasteiger partial charge is 0.207 e. The fraction of sp³-hybridized carbons (Fsp3) is 0.538. The summed E-state index contributed by atoms with van der Waals surface area (Å²) in [5.74, 6) is 0. The van der Waals surface area contributed by atoms with Crippen molar-refractivity contribution in [2.24, 2.45) is 5.73 Å². The van der Waals surface area contributed by atoms with E-state index in [9.17, 15) is 28.8 Å². The normalized spacial score (nSPS) is 34.4. The van der Waals surface area contributed by atoms with Crippen molar-refractivity contribution in [2.75, 3.05) is 0 Å². The molecule has 0 bridgehead atoms. The molecule has 0 amide bonds. The van der Waals surface area contributed by atoms with Gasteiger partial charge in [-0.1, -0.05) is 17.7 Å². The molecule has 0 radical (unpaired) electrons. The van der Waals surface area contributed by atoms with Crippen LogP contribution in [0.3, 0.4) is 0 Å². The molecule has 2 rings (SSSR count). The van der Waals surface area contributed by atoms with Crippen molar-refractivity contribution in [1.29, 1.82) is 0 Å². The molecular weight excluding hydrogens is 314 g/mol. The zero-order chi connectivity index (χ0) is 16.7. The van der Waals surface area contributed by atoms with Gasteiger partial charge in [-0.3, -0.25) is 0 Å². The Balaban J connectivity index is 2.30. The molecule has 2 unspecified atom stereocenters. The molecule has 1 aliphatic rings. The molecule has 1 aromatic carbocycles. The van der Waals surface area contributed by atoms with Gasteiger partial charge in [0.1, 0.15) is 18.3 Å². The molecule has 1 aliphatic heterocycles. The summed E-state index contributed by atoms with van der Waals surface area (Å²) in [5, 5.41) is 39.2. The van der Waals surface area contributed by atoms with E-state index in [2.05, 4.69) is 0 Å². The van der Waals surface area contributed by atoms with E-state index < -0.39 is 45.9 Å². The fourth-order valence-corrected chi connectivity index (χ4v) is 3.58. The molecule has 1 fully saturated rings. The lowest BCUT2D eigenvalue weighted by Gasteiger charge is -2.40. The molecule has 0 spiro atoms. The summed E-state index contributed by atoms with van der Waals surface area (Å²) in [7, 11) is -4.25. The standard InChI is InChI=1S/C13H19NO7S/c1-6-2-4-7(5-3-6)22(19,20)13(18)11-10(16)9(15)8(14)12(17)21-11/h2-5,8-13,15-18H,14H2,1H3/t8-,9-,10+,11+,12?,13?/m1/s1. The maximum Gasteiger partial charge on any atom is 0.207 e. The zero-order valence-corrected chi connectivity index (χ0v) is 12.6. The SMILES string of the molecule is Cc1ccc(S(=O)(=O)C(O)[C@H]2OC(O)[C@H](N)[C@@H](O)[C@@H]2O)cc1. The van der Waals surface area contributed by atoms with Crippen LogP contribution in [0, 0.1) is 6.92 Å². The zero-order valence-electron chi connectivity index (χ0n) is 11.8. The van der Waals surface area contributed by atoms with Gasteiger partial charge in [-0.05, 0) is 19.1 Å². The lowest BCUT2D eigenvalue weighted by atomic mass is 9.98. The molecule has 8 nitrogen and oxygen atoms in total. The Morgan fingerprint density at radius 1 is 1.14 bits per heavy atom. The Morgan fingerprint density at radius 2 is 1.68 bits per heavy atom. The fourth-order valence-electron chi connectivity index (χ4n) is 2.20. The molecule has 0 aromatic heterocycles. The molecule has 9 heteroatoms. The lowest BCUT2D eigenvalue weighted by Crippen LogP contribution is -2.64. The summed E-state index contributed by atoms with van der Waals surface area (Å²) in [5.41, 5.74) is 4.06. The Labute approximate surface area is 127 Å². The van der Waals surface area contributed by atoms with Crippen LogP contribution in [0.5, 0.6) is 0 Å². The Bertz CT molecular complexity index is 618. The third-order valence-electron chi connectivity index (χ3n) is 3.66. The van der Waals surface area contributed by atoms with E-state index in [1.165, 1.54) is 12.1 Å². The van der Waals surface area contributed by atoms with Gasteiger partial charge >= 0.3 is 0 Å². The molecule has 22 heavy (non-hydrogen) atoms. The average Bonchev–Trinajstić information content (AvgIpc) is 2.48. The van der Waals surface area contributed by atoms with E-state index in [0.717, 1.165) is 5.56 Å². The van der Waals surface area contributed by atoms with Gasteiger partial charge in [0.25, 0.3) is 0 Å². The predicted octanol–water partition coefficient (Wildman–Crippen LogP) is -2.15. The lowest BCUT2D eigenvalue weighted by molar-refractivity contribution is -0.253. The van der Waals surface area contributed by atoms with Crippen molar-refractivity contribution >= 4 is 9.84 Å². The Kier molecular flexibility index (Phi) is 4.87. The third kappa shape index (κ3) is 3.01. The summed E-state index contributed by atoms with van der Waals surface area (Å²) in [6, 6.07) is 4.42. The highest BCUT2D eigenvalue weighted by molar-refractivity contribution is 7.92. The highest BCUT2D eigenvalue weighted by atomic mass is 32.2. The number of rotatable bonds is 3. The number of benzene rings is 1. The van der Waals surface area contributed by atoms with Crippen molar-refractivity contribution in [3.63, 3.8) is 0 Å². The second-order valence-corrected chi connectivity index (χ2v) is 7.34. The Hall–Kier alpha value is -1.07. The van der Waals surface area contributed by atoms with Gasteiger partial charge in [0.15, 0.2) is 11.7 Å². The van der Waals surface area contributed by atoms with Crippen LogP contribution >= 0.6 is 0 Å². The van der Waals surface area contributed by atoms with E-state index in [0.29, 0.717) is 0 Å². The van der Waals surface area contributed by atoms with E-state index in [4.69, 9.17) is 10.5 Å². The van der Waals surface area contributed by atoms with E-state index in [-0.39, 0.29) is 4.90 Å². The van der Waals surface area contributed by atoms with E-state index in [1.807, 2.05) is 0 Å². The van der Waals surface area contributed by atoms with Crippen molar-refractivity contribution in [3.8, 4) is 0 Å². The summed E-state index contributed by atoms with van der Waals surface area (Å²) in [6.07, 6.45) is -6.81. The van der Waals surface area contributed by atoms with Gasteiger partial charge in [-0.15, -0.1) is 0 Å². The number of hydrogen-bond acceptors (Lipinski definition) is 8. The van der Waals surface area contributed by atoms with Crippen molar-refractivity contribution in [2.45, 2.75) is 47.9 Å².